The maximum Gasteiger partial charge on any atom is 0.293 e. The Bertz CT molecular complexity index is 1030. The van der Waals surface area contributed by atoms with Crippen molar-refractivity contribution in [3.8, 4) is 5.75 Å². The molecule has 2 heterocycles. The number of hydrogen-bond acceptors (Lipinski definition) is 7. The van der Waals surface area contributed by atoms with E-state index in [4.69, 9.17) is 9.15 Å². The van der Waals surface area contributed by atoms with Crippen LogP contribution >= 0.6 is 11.3 Å². The number of thiazole rings is 1. The van der Waals surface area contributed by atoms with E-state index in [1.54, 1.807) is 35.7 Å². The zero-order valence-corrected chi connectivity index (χ0v) is 16.5. The van der Waals surface area contributed by atoms with Crippen molar-refractivity contribution < 1.29 is 23.5 Å². The van der Waals surface area contributed by atoms with Gasteiger partial charge in [0.15, 0.2) is 10.9 Å². The monoisotopic (exact) mass is 414 g/mol. The largest absolute Gasteiger partial charge is 0.495 e. The van der Waals surface area contributed by atoms with E-state index in [0.29, 0.717) is 27.9 Å². The van der Waals surface area contributed by atoms with Gasteiger partial charge in [-0.25, -0.2) is 4.98 Å². The van der Waals surface area contributed by atoms with Gasteiger partial charge in [0.25, 0.3) is 5.91 Å². The number of methoxy groups -OCH3 is 1. The Hall–Kier alpha value is -3.66. The highest BCUT2D eigenvalue weighted by Gasteiger charge is 2.14. The lowest BCUT2D eigenvalue weighted by Gasteiger charge is -2.12. The minimum absolute atomic E-state index is 0.000636. The molecule has 0 atom stereocenters. The van der Waals surface area contributed by atoms with Crippen molar-refractivity contribution in [3.63, 3.8) is 0 Å². The molecule has 29 heavy (non-hydrogen) atoms. The van der Waals surface area contributed by atoms with Crippen LogP contribution in [0.15, 0.2) is 46.4 Å². The molecule has 3 N–H and O–H groups in total. The summed E-state index contributed by atoms with van der Waals surface area (Å²) in [4.78, 5) is 39.8. The van der Waals surface area contributed by atoms with Gasteiger partial charge in [-0.3, -0.25) is 19.7 Å². The normalized spacial score (nSPS) is 10.3. The van der Waals surface area contributed by atoms with Gasteiger partial charge < -0.3 is 19.8 Å². The summed E-state index contributed by atoms with van der Waals surface area (Å²) < 4.78 is 10.3. The maximum atomic E-state index is 12.4. The number of hydrogen-bond donors (Lipinski definition) is 3. The molecule has 2 aromatic heterocycles. The van der Waals surface area contributed by atoms with Crippen LogP contribution in [-0.2, 0) is 16.0 Å². The topological polar surface area (TPSA) is 123 Å². The third-order valence-electron chi connectivity index (χ3n) is 3.65. The average Bonchev–Trinajstić information content (AvgIpc) is 3.33. The van der Waals surface area contributed by atoms with Crippen LogP contribution in [0.3, 0.4) is 0 Å². The first-order valence-corrected chi connectivity index (χ1v) is 9.37. The second kappa shape index (κ2) is 9.02. The lowest BCUT2D eigenvalue weighted by atomic mass is 10.2. The highest BCUT2D eigenvalue weighted by Crippen LogP contribution is 2.28. The lowest BCUT2D eigenvalue weighted by molar-refractivity contribution is -0.116. The minimum atomic E-state index is -0.417. The number of aromatic nitrogens is 1. The van der Waals surface area contributed by atoms with E-state index in [0.717, 1.165) is 0 Å². The zero-order chi connectivity index (χ0) is 20.8. The Kier molecular flexibility index (Phi) is 6.25. The number of nitrogens with one attached hydrogen (secondary N) is 3. The van der Waals surface area contributed by atoms with Crippen LogP contribution in [0.2, 0.25) is 0 Å². The number of amides is 3. The summed E-state index contributed by atoms with van der Waals surface area (Å²) in [6.07, 6.45) is 1.41. The number of ether oxygens (including phenoxy) is 1. The van der Waals surface area contributed by atoms with Crippen molar-refractivity contribution in [1.82, 2.24) is 4.98 Å². The molecule has 0 fully saturated rings. The molecule has 150 valence electrons. The second-order valence-corrected chi connectivity index (χ2v) is 6.75. The van der Waals surface area contributed by atoms with Crippen molar-refractivity contribution >= 4 is 45.6 Å². The zero-order valence-electron chi connectivity index (χ0n) is 15.6. The first-order valence-electron chi connectivity index (χ1n) is 8.49. The molecule has 10 heteroatoms. The van der Waals surface area contributed by atoms with E-state index in [1.807, 2.05) is 0 Å². The number of carbonyl (C=O) groups is 3. The lowest BCUT2D eigenvalue weighted by Crippen LogP contribution is -2.16. The van der Waals surface area contributed by atoms with Crippen LogP contribution in [0.25, 0.3) is 0 Å². The smallest absolute Gasteiger partial charge is 0.293 e. The van der Waals surface area contributed by atoms with Crippen LogP contribution in [0, 0.1) is 0 Å². The number of rotatable bonds is 7. The first kappa shape index (κ1) is 20.1. The Labute approximate surface area is 170 Å². The van der Waals surface area contributed by atoms with Crippen LogP contribution in [0.1, 0.15) is 23.2 Å². The molecule has 3 aromatic rings. The number of carbonyl (C=O) groups excluding carboxylic acids is 3. The Morgan fingerprint density at radius 1 is 1.17 bits per heavy atom. The summed E-state index contributed by atoms with van der Waals surface area (Å²) in [5.74, 6) is -0.334. The molecular weight excluding hydrogens is 396 g/mol. The summed E-state index contributed by atoms with van der Waals surface area (Å²) in [5.41, 5.74) is 1.45. The third kappa shape index (κ3) is 5.42. The van der Waals surface area contributed by atoms with Crippen molar-refractivity contribution in [3.05, 3.63) is 53.4 Å². The van der Waals surface area contributed by atoms with Crippen molar-refractivity contribution in [2.45, 2.75) is 13.3 Å². The number of anilines is 3. The summed E-state index contributed by atoms with van der Waals surface area (Å²) in [6, 6.07) is 8.08. The van der Waals surface area contributed by atoms with Gasteiger partial charge >= 0.3 is 0 Å². The standard InChI is InChI=1S/C19H18N4O5S/c1-11(24)20-12-5-6-15(27-2)14(8-12)22-17(25)9-13-10-29-19(21-13)23-18(26)16-4-3-7-28-16/h3-8,10H,9H2,1-2H3,(H,20,24)(H,22,25)(H,21,23,26). The quantitative estimate of drug-likeness (QED) is 0.546. The SMILES string of the molecule is COc1ccc(NC(C)=O)cc1NC(=O)Cc1csc(NC(=O)c2ccco2)n1. The van der Waals surface area contributed by atoms with Gasteiger partial charge in [-0.15, -0.1) is 11.3 Å². The predicted molar refractivity (Wildman–Crippen MR) is 108 cm³/mol. The van der Waals surface area contributed by atoms with Gasteiger partial charge in [-0.1, -0.05) is 0 Å². The molecule has 3 amide bonds. The molecule has 1 aromatic carbocycles. The van der Waals surface area contributed by atoms with Crippen molar-refractivity contribution in [2.75, 3.05) is 23.1 Å². The van der Waals surface area contributed by atoms with Crippen LogP contribution < -0.4 is 20.7 Å². The third-order valence-corrected chi connectivity index (χ3v) is 4.46. The fourth-order valence-electron chi connectivity index (χ4n) is 2.46. The summed E-state index contributed by atoms with van der Waals surface area (Å²) in [5, 5.41) is 10.0. The molecule has 0 aliphatic heterocycles. The van der Waals surface area contributed by atoms with Crippen molar-refractivity contribution in [1.29, 1.82) is 0 Å². The number of furan rings is 1. The molecule has 0 saturated heterocycles. The maximum absolute atomic E-state index is 12.4. The molecule has 0 radical (unpaired) electrons. The molecule has 0 spiro atoms. The summed E-state index contributed by atoms with van der Waals surface area (Å²) in [7, 11) is 1.48. The fourth-order valence-corrected chi connectivity index (χ4v) is 3.16. The molecule has 0 saturated carbocycles. The summed E-state index contributed by atoms with van der Waals surface area (Å²) >= 11 is 1.20. The molecular formula is C19H18N4O5S. The molecule has 0 aliphatic rings. The van der Waals surface area contributed by atoms with Crippen molar-refractivity contribution in [2.24, 2.45) is 0 Å². The van der Waals surface area contributed by atoms with E-state index in [2.05, 4.69) is 20.9 Å². The van der Waals surface area contributed by atoms with E-state index in [9.17, 15) is 14.4 Å². The van der Waals surface area contributed by atoms with Crippen LogP contribution in [0.4, 0.5) is 16.5 Å². The van der Waals surface area contributed by atoms with E-state index >= 15 is 0 Å². The minimum Gasteiger partial charge on any atom is -0.495 e. The Balaban J connectivity index is 1.63. The van der Waals surface area contributed by atoms with E-state index in [-0.39, 0.29) is 24.0 Å². The highest BCUT2D eigenvalue weighted by molar-refractivity contribution is 7.14. The Morgan fingerprint density at radius 2 is 2.00 bits per heavy atom. The van der Waals surface area contributed by atoms with Gasteiger partial charge in [0.2, 0.25) is 11.8 Å². The average molecular weight is 414 g/mol. The molecule has 0 bridgehead atoms. The molecule has 0 aliphatic carbocycles. The summed E-state index contributed by atoms with van der Waals surface area (Å²) in [6.45, 7) is 1.40. The molecule has 3 rings (SSSR count). The highest BCUT2D eigenvalue weighted by atomic mass is 32.1. The number of benzene rings is 1. The van der Waals surface area contributed by atoms with E-state index < -0.39 is 5.91 Å². The van der Waals surface area contributed by atoms with E-state index in [1.165, 1.54) is 31.6 Å². The van der Waals surface area contributed by atoms with Gasteiger partial charge in [0, 0.05) is 18.0 Å². The first-order chi connectivity index (χ1) is 13.9. The fraction of sp³-hybridized carbons (Fsp3) is 0.158. The molecule has 0 unspecified atom stereocenters. The Morgan fingerprint density at radius 3 is 2.69 bits per heavy atom. The predicted octanol–water partition coefficient (Wildman–Crippen LogP) is 3.14. The molecule has 9 nitrogen and oxygen atoms in total. The van der Waals surface area contributed by atoms with Crippen LogP contribution in [0.5, 0.6) is 5.75 Å². The van der Waals surface area contributed by atoms with Gasteiger partial charge in [-0.05, 0) is 30.3 Å². The van der Waals surface area contributed by atoms with Gasteiger partial charge in [0.05, 0.1) is 31.2 Å². The van der Waals surface area contributed by atoms with Crippen LogP contribution in [-0.4, -0.2) is 29.8 Å². The van der Waals surface area contributed by atoms with Gasteiger partial charge in [-0.2, -0.15) is 0 Å². The second-order valence-electron chi connectivity index (χ2n) is 5.90. The van der Waals surface area contributed by atoms with Gasteiger partial charge in [0.1, 0.15) is 5.75 Å². The number of nitrogens with zero attached hydrogens (tertiary/aromatic N) is 1.